The van der Waals surface area contributed by atoms with Crippen LogP contribution in [0.25, 0.3) is 0 Å². The average Bonchev–Trinajstić information content (AvgIpc) is 2.41. The summed E-state index contributed by atoms with van der Waals surface area (Å²) in [5.41, 5.74) is 3.66. The summed E-state index contributed by atoms with van der Waals surface area (Å²) in [5, 5.41) is 9.49. The van der Waals surface area contributed by atoms with Crippen molar-refractivity contribution in [3.63, 3.8) is 0 Å². The fourth-order valence-electron chi connectivity index (χ4n) is 2.24. The molecule has 2 aromatic rings. The van der Waals surface area contributed by atoms with Crippen LogP contribution in [-0.2, 0) is 6.61 Å². The van der Waals surface area contributed by atoms with Gasteiger partial charge < -0.3 is 10.0 Å². The zero-order valence-electron chi connectivity index (χ0n) is 11.2. The van der Waals surface area contributed by atoms with E-state index in [4.69, 9.17) is 0 Å². The number of hydrogen-bond acceptors (Lipinski definition) is 2. The van der Waals surface area contributed by atoms with Gasteiger partial charge in [-0.05, 0) is 38.1 Å². The maximum absolute atomic E-state index is 13.4. The molecule has 0 bridgehead atoms. The molecule has 0 amide bonds. The van der Waals surface area contributed by atoms with E-state index in [1.165, 1.54) is 12.1 Å². The lowest BCUT2D eigenvalue weighted by Crippen LogP contribution is -2.18. The summed E-state index contributed by atoms with van der Waals surface area (Å²) in [4.78, 5) is 1.99. The first-order valence-electron chi connectivity index (χ1n) is 6.39. The van der Waals surface area contributed by atoms with Gasteiger partial charge in [-0.25, -0.2) is 4.39 Å². The normalized spacial score (nSPS) is 10.5. The Morgan fingerprint density at radius 3 is 2.58 bits per heavy atom. The molecule has 0 aliphatic heterocycles. The Labute approximate surface area is 113 Å². The number of hydrogen-bond donors (Lipinski definition) is 1. The highest BCUT2D eigenvalue weighted by atomic mass is 19.1. The molecular formula is C16H18FNO. The first-order valence-corrected chi connectivity index (χ1v) is 6.39. The molecule has 0 spiro atoms. The Morgan fingerprint density at radius 2 is 1.95 bits per heavy atom. The number of aryl methyl sites for hydroxylation is 1. The van der Waals surface area contributed by atoms with Gasteiger partial charge in [-0.15, -0.1) is 0 Å². The highest BCUT2D eigenvalue weighted by Crippen LogP contribution is 2.29. The van der Waals surface area contributed by atoms with Gasteiger partial charge in [0.05, 0.1) is 6.61 Å². The first-order chi connectivity index (χ1) is 9.15. The third-order valence-electron chi connectivity index (χ3n) is 3.13. The van der Waals surface area contributed by atoms with Crippen LogP contribution in [0.15, 0.2) is 42.5 Å². The maximum Gasteiger partial charge on any atom is 0.125 e. The zero-order valence-corrected chi connectivity index (χ0v) is 11.2. The van der Waals surface area contributed by atoms with Gasteiger partial charge >= 0.3 is 0 Å². The molecule has 19 heavy (non-hydrogen) atoms. The number of halogens is 1. The van der Waals surface area contributed by atoms with Crippen LogP contribution in [0.2, 0.25) is 0 Å². The van der Waals surface area contributed by atoms with Gasteiger partial charge in [-0.3, -0.25) is 0 Å². The second-order valence-electron chi connectivity index (χ2n) is 4.51. The second-order valence-corrected chi connectivity index (χ2v) is 4.51. The molecule has 0 saturated heterocycles. The Kier molecular flexibility index (Phi) is 4.17. The molecule has 0 aliphatic carbocycles. The molecule has 0 heterocycles. The van der Waals surface area contributed by atoms with Crippen LogP contribution in [-0.4, -0.2) is 11.7 Å². The molecule has 0 atom stereocenters. The summed E-state index contributed by atoms with van der Waals surface area (Å²) in [6.45, 7) is 4.68. The number of rotatable bonds is 4. The molecule has 0 aliphatic rings. The van der Waals surface area contributed by atoms with Crippen molar-refractivity contribution in [1.29, 1.82) is 0 Å². The van der Waals surface area contributed by atoms with Crippen molar-refractivity contribution >= 4 is 11.4 Å². The van der Waals surface area contributed by atoms with Crippen molar-refractivity contribution in [3.05, 3.63) is 59.4 Å². The van der Waals surface area contributed by atoms with Crippen LogP contribution >= 0.6 is 0 Å². The number of anilines is 2. The Bertz CT molecular complexity index is 568. The number of benzene rings is 2. The Morgan fingerprint density at radius 1 is 1.16 bits per heavy atom. The van der Waals surface area contributed by atoms with Crippen LogP contribution in [0.4, 0.5) is 15.8 Å². The van der Waals surface area contributed by atoms with Crippen molar-refractivity contribution in [2.45, 2.75) is 20.5 Å². The van der Waals surface area contributed by atoms with E-state index in [2.05, 4.69) is 0 Å². The molecule has 2 aromatic carbocycles. The van der Waals surface area contributed by atoms with Gasteiger partial charge in [-0.1, -0.05) is 23.8 Å². The molecule has 0 fully saturated rings. The Balaban J connectivity index is 2.48. The van der Waals surface area contributed by atoms with E-state index in [0.717, 1.165) is 22.5 Å². The molecule has 100 valence electrons. The molecule has 0 saturated carbocycles. The summed E-state index contributed by atoms with van der Waals surface area (Å²) in [7, 11) is 0. The number of nitrogens with zero attached hydrogens (tertiary/aromatic N) is 1. The fourth-order valence-corrected chi connectivity index (χ4v) is 2.24. The third-order valence-corrected chi connectivity index (χ3v) is 3.13. The summed E-state index contributed by atoms with van der Waals surface area (Å²) in [6, 6.07) is 12.4. The molecule has 1 N–H and O–H groups in total. The topological polar surface area (TPSA) is 23.5 Å². The minimum absolute atomic E-state index is 0.0250. The van der Waals surface area contributed by atoms with Crippen molar-refractivity contribution < 1.29 is 9.50 Å². The molecule has 0 aromatic heterocycles. The fraction of sp³-hybridized carbons (Fsp3) is 0.250. The predicted octanol–water partition coefficient (Wildman–Crippen LogP) is 3.78. The van der Waals surface area contributed by atoms with Crippen molar-refractivity contribution in [1.82, 2.24) is 0 Å². The van der Waals surface area contributed by atoms with E-state index in [-0.39, 0.29) is 12.4 Å². The van der Waals surface area contributed by atoms with E-state index >= 15 is 0 Å². The summed E-state index contributed by atoms with van der Waals surface area (Å²) in [6.07, 6.45) is 0. The summed E-state index contributed by atoms with van der Waals surface area (Å²) >= 11 is 0. The quantitative estimate of drug-likeness (QED) is 0.903. The summed E-state index contributed by atoms with van der Waals surface area (Å²) < 4.78 is 13.4. The standard InChI is InChI=1S/C16H18FNO/c1-3-18(15-6-4-5-14(17)10-15)16-8-7-12(2)9-13(16)11-19/h4-10,19H,3,11H2,1-2H3. The lowest BCUT2D eigenvalue weighted by atomic mass is 10.1. The van der Waals surface area contributed by atoms with E-state index in [1.807, 2.05) is 43.0 Å². The Hall–Kier alpha value is -1.87. The minimum Gasteiger partial charge on any atom is -0.392 e. The second kappa shape index (κ2) is 5.85. The van der Waals surface area contributed by atoms with E-state index in [1.54, 1.807) is 6.07 Å². The van der Waals surface area contributed by atoms with Gasteiger partial charge in [-0.2, -0.15) is 0 Å². The van der Waals surface area contributed by atoms with Crippen molar-refractivity contribution in [2.75, 3.05) is 11.4 Å². The summed E-state index contributed by atoms with van der Waals surface area (Å²) in [5.74, 6) is -0.256. The first kappa shape index (κ1) is 13.6. The smallest absolute Gasteiger partial charge is 0.125 e. The van der Waals surface area contributed by atoms with E-state index in [0.29, 0.717) is 6.54 Å². The van der Waals surface area contributed by atoms with Crippen LogP contribution in [0, 0.1) is 12.7 Å². The van der Waals surface area contributed by atoms with Crippen molar-refractivity contribution in [2.24, 2.45) is 0 Å². The lowest BCUT2D eigenvalue weighted by Gasteiger charge is -2.26. The predicted molar refractivity (Wildman–Crippen MR) is 76.2 cm³/mol. The van der Waals surface area contributed by atoms with Gasteiger partial charge in [0.25, 0.3) is 0 Å². The molecule has 2 rings (SSSR count). The zero-order chi connectivity index (χ0) is 13.8. The van der Waals surface area contributed by atoms with Gasteiger partial charge in [0.1, 0.15) is 5.82 Å². The van der Waals surface area contributed by atoms with E-state index in [9.17, 15) is 9.50 Å². The SMILES string of the molecule is CCN(c1cccc(F)c1)c1ccc(C)cc1CO. The van der Waals surface area contributed by atoms with Gasteiger partial charge in [0.15, 0.2) is 0 Å². The number of aliphatic hydroxyl groups excluding tert-OH is 1. The molecule has 3 heteroatoms. The molecule has 2 nitrogen and oxygen atoms in total. The molecule has 0 unspecified atom stereocenters. The third kappa shape index (κ3) is 2.93. The van der Waals surface area contributed by atoms with Crippen LogP contribution < -0.4 is 4.90 Å². The molecule has 0 radical (unpaired) electrons. The van der Waals surface area contributed by atoms with Gasteiger partial charge in [0.2, 0.25) is 0 Å². The van der Waals surface area contributed by atoms with Crippen LogP contribution in [0.5, 0.6) is 0 Å². The minimum atomic E-state index is -0.256. The highest BCUT2D eigenvalue weighted by Gasteiger charge is 2.12. The maximum atomic E-state index is 13.4. The number of aliphatic hydroxyl groups is 1. The van der Waals surface area contributed by atoms with Gasteiger partial charge in [0, 0.05) is 23.5 Å². The average molecular weight is 259 g/mol. The van der Waals surface area contributed by atoms with Crippen molar-refractivity contribution in [3.8, 4) is 0 Å². The highest BCUT2D eigenvalue weighted by molar-refractivity contribution is 5.66. The van der Waals surface area contributed by atoms with Crippen LogP contribution in [0.3, 0.4) is 0 Å². The van der Waals surface area contributed by atoms with E-state index < -0.39 is 0 Å². The molecular weight excluding hydrogens is 241 g/mol. The van der Waals surface area contributed by atoms with Crippen LogP contribution in [0.1, 0.15) is 18.1 Å². The monoisotopic (exact) mass is 259 g/mol. The largest absolute Gasteiger partial charge is 0.392 e. The lowest BCUT2D eigenvalue weighted by molar-refractivity contribution is 0.282.